The molecule has 2 aromatic carbocycles. The molecule has 0 aliphatic rings. The molecule has 3 rings (SSSR count). The Morgan fingerprint density at radius 3 is 2.47 bits per heavy atom. The fourth-order valence-corrected chi connectivity index (χ4v) is 2.40. The van der Waals surface area contributed by atoms with Crippen LogP contribution in [0.5, 0.6) is 0 Å². The number of benzene rings is 2. The van der Waals surface area contributed by atoms with Gasteiger partial charge in [0.15, 0.2) is 0 Å². The predicted octanol–water partition coefficient (Wildman–Crippen LogP) is 2.91. The third kappa shape index (κ3) is 1.83. The number of rotatable bonds is 1. The van der Waals surface area contributed by atoms with E-state index < -0.39 is 0 Å². The number of para-hydroxylation sites is 1. The molecule has 0 fully saturated rings. The van der Waals surface area contributed by atoms with Crippen LogP contribution in [-0.2, 0) is 7.05 Å². The molecule has 0 N–H and O–H groups in total. The molecule has 0 radical (unpaired) electrons. The summed E-state index contributed by atoms with van der Waals surface area (Å²) >= 11 is 0. The maximum atomic E-state index is 12.1. The lowest BCUT2D eigenvalue weighted by Crippen LogP contribution is -2.21. The van der Waals surface area contributed by atoms with Gasteiger partial charge in [-0.15, -0.1) is 0 Å². The zero-order valence-corrected chi connectivity index (χ0v) is 10.9. The highest BCUT2D eigenvalue weighted by Crippen LogP contribution is 2.26. The lowest BCUT2D eigenvalue weighted by molar-refractivity contribution is 0.873. The van der Waals surface area contributed by atoms with Gasteiger partial charge in [-0.25, -0.2) is 4.98 Å². The van der Waals surface area contributed by atoms with Crippen LogP contribution >= 0.6 is 0 Å². The lowest BCUT2D eigenvalue weighted by atomic mass is 10.0. The third-order valence-electron chi connectivity index (χ3n) is 3.34. The van der Waals surface area contributed by atoms with Crippen LogP contribution in [0, 0.1) is 6.92 Å². The van der Waals surface area contributed by atoms with Crippen LogP contribution in [0.3, 0.4) is 0 Å². The molecule has 0 unspecified atom stereocenters. The Bertz CT molecular complexity index is 804. The average Bonchev–Trinajstić information content (AvgIpc) is 2.45. The summed E-state index contributed by atoms with van der Waals surface area (Å²) in [6.07, 6.45) is 0. The van der Waals surface area contributed by atoms with E-state index in [9.17, 15) is 4.79 Å². The first-order valence-electron chi connectivity index (χ1n) is 6.20. The van der Waals surface area contributed by atoms with E-state index in [0.29, 0.717) is 5.69 Å². The van der Waals surface area contributed by atoms with Gasteiger partial charge in [-0.05, 0) is 18.6 Å². The number of hydrogen-bond donors (Lipinski definition) is 0. The van der Waals surface area contributed by atoms with Crippen LogP contribution in [0.4, 0.5) is 0 Å². The van der Waals surface area contributed by atoms with Gasteiger partial charge in [0.05, 0.1) is 11.0 Å². The molecule has 94 valence electrons. The SMILES string of the molecule is Cc1nc2cccc(-c3ccccc3)c2n(C)c1=O. The van der Waals surface area contributed by atoms with Gasteiger partial charge in [-0.3, -0.25) is 4.79 Å². The Hall–Kier alpha value is -2.42. The number of fused-ring (bicyclic) bond motifs is 1. The van der Waals surface area contributed by atoms with Crippen LogP contribution in [0.2, 0.25) is 0 Å². The smallest absolute Gasteiger partial charge is 0.272 e. The van der Waals surface area contributed by atoms with Gasteiger partial charge in [-0.1, -0.05) is 42.5 Å². The summed E-state index contributed by atoms with van der Waals surface area (Å²) in [6.45, 7) is 1.75. The minimum Gasteiger partial charge on any atom is -0.308 e. The van der Waals surface area contributed by atoms with Gasteiger partial charge in [0.25, 0.3) is 5.56 Å². The summed E-state index contributed by atoms with van der Waals surface area (Å²) in [4.78, 5) is 16.5. The third-order valence-corrected chi connectivity index (χ3v) is 3.34. The zero-order valence-electron chi connectivity index (χ0n) is 10.9. The molecule has 0 atom stereocenters. The topological polar surface area (TPSA) is 34.9 Å². The van der Waals surface area contributed by atoms with Crippen molar-refractivity contribution in [3.63, 3.8) is 0 Å². The summed E-state index contributed by atoms with van der Waals surface area (Å²) < 4.78 is 1.68. The largest absolute Gasteiger partial charge is 0.308 e. The number of nitrogens with zero attached hydrogens (tertiary/aromatic N) is 2. The number of aromatic nitrogens is 2. The molecule has 0 aliphatic carbocycles. The number of hydrogen-bond acceptors (Lipinski definition) is 2. The van der Waals surface area contributed by atoms with E-state index in [1.165, 1.54) is 0 Å². The molecule has 0 aliphatic heterocycles. The van der Waals surface area contributed by atoms with Crippen LogP contribution in [0.25, 0.3) is 22.2 Å². The fourth-order valence-electron chi connectivity index (χ4n) is 2.40. The molecular weight excluding hydrogens is 236 g/mol. The number of aryl methyl sites for hydroxylation is 2. The molecule has 1 heterocycles. The lowest BCUT2D eigenvalue weighted by Gasteiger charge is -2.11. The molecule has 3 heteroatoms. The highest BCUT2D eigenvalue weighted by molar-refractivity contribution is 5.91. The van der Waals surface area contributed by atoms with Crippen molar-refractivity contribution in [2.75, 3.05) is 0 Å². The molecule has 0 bridgehead atoms. The highest BCUT2D eigenvalue weighted by atomic mass is 16.1. The van der Waals surface area contributed by atoms with Crippen LogP contribution in [0.1, 0.15) is 5.69 Å². The van der Waals surface area contributed by atoms with Gasteiger partial charge in [0.2, 0.25) is 0 Å². The Morgan fingerprint density at radius 2 is 1.74 bits per heavy atom. The van der Waals surface area contributed by atoms with E-state index in [2.05, 4.69) is 4.98 Å². The Balaban J connectivity index is 2.45. The molecule has 1 aromatic heterocycles. The summed E-state index contributed by atoms with van der Waals surface area (Å²) in [5, 5.41) is 0. The van der Waals surface area contributed by atoms with Crippen molar-refractivity contribution in [1.29, 1.82) is 0 Å². The van der Waals surface area contributed by atoms with Crippen LogP contribution in [0.15, 0.2) is 53.3 Å². The first-order valence-corrected chi connectivity index (χ1v) is 6.20. The van der Waals surface area contributed by atoms with Crippen molar-refractivity contribution in [3.8, 4) is 11.1 Å². The van der Waals surface area contributed by atoms with E-state index in [0.717, 1.165) is 22.2 Å². The van der Waals surface area contributed by atoms with Gasteiger partial charge in [0.1, 0.15) is 5.69 Å². The molecule has 0 saturated carbocycles. The summed E-state index contributed by atoms with van der Waals surface area (Å²) in [5.41, 5.74) is 4.33. The van der Waals surface area contributed by atoms with E-state index in [1.54, 1.807) is 18.5 Å². The van der Waals surface area contributed by atoms with E-state index in [4.69, 9.17) is 0 Å². The molecule has 3 nitrogen and oxygen atoms in total. The Kier molecular flexibility index (Phi) is 2.67. The molecule has 3 aromatic rings. The van der Waals surface area contributed by atoms with Crippen molar-refractivity contribution < 1.29 is 0 Å². The monoisotopic (exact) mass is 250 g/mol. The normalized spacial score (nSPS) is 10.8. The Labute approximate surface area is 111 Å². The molecule has 0 amide bonds. The van der Waals surface area contributed by atoms with Crippen LogP contribution < -0.4 is 5.56 Å². The molecule has 19 heavy (non-hydrogen) atoms. The zero-order chi connectivity index (χ0) is 13.4. The minimum absolute atomic E-state index is 0.0455. The van der Waals surface area contributed by atoms with Gasteiger partial charge in [0, 0.05) is 12.6 Å². The Morgan fingerprint density at radius 1 is 1.00 bits per heavy atom. The summed E-state index contributed by atoms with van der Waals surface area (Å²) in [5.74, 6) is 0. The average molecular weight is 250 g/mol. The summed E-state index contributed by atoms with van der Waals surface area (Å²) in [6, 6.07) is 16.0. The van der Waals surface area contributed by atoms with Gasteiger partial charge < -0.3 is 4.57 Å². The fraction of sp³-hybridized carbons (Fsp3) is 0.125. The first kappa shape index (κ1) is 11.7. The summed E-state index contributed by atoms with van der Waals surface area (Å²) in [7, 11) is 1.80. The second-order valence-electron chi connectivity index (χ2n) is 4.60. The van der Waals surface area contributed by atoms with E-state index in [-0.39, 0.29) is 5.56 Å². The van der Waals surface area contributed by atoms with Gasteiger partial charge >= 0.3 is 0 Å². The van der Waals surface area contributed by atoms with Crippen molar-refractivity contribution in [3.05, 3.63) is 64.6 Å². The van der Waals surface area contributed by atoms with Crippen molar-refractivity contribution in [2.45, 2.75) is 6.92 Å². The van der Waals surface area contributed by atoms with Crippen LogP contribution in [-0.4, -0.2) is 9.55 Å². The van der Waals surface area contributed by atoms with Gasteiger partial charge in [-0.2, -0.15) is 0 Å². The molecule has 0 spiro atoms. The second-order valence-corrected chi connectivity index (χ2v) is 4.60. The molecule has 0 saturated heterocycles. The molecular formula is C16H14N2O. The predicted molar refractivity (Wildman–Crippen MR) is 77.2 cm³/mol. The quantitative estimate of drug-likeness (QED) is 0.665. The maximum absolute atomic E-state index is 12.1. The maximum Gasteiger partial charge on any atom is 0.272 e. The first-order chi connectivity index (χ1) is 9.18. The highest BCUT2D eigenvalue weighted by Gasteiger charge is 2.10. The van der Waals surface area contributed by atoms with E-state index >= 15 is 0 Å². The van der Waals surface area contributed by atoms with Crippen molar-refractivity contribution >= 4 is 11.0 Å². The second kappa shape index (κ2) is 4.35. The minimum atomic E-state index is -0.0455. The van der Waals surface area contributed by atoms with Crippen molar-refractivity contribution in [2.24, 2.45) is 7.05 Å². The standard InChI is InChI=1S/C16H14N2O/c1-11-16(19)18(2)15-13(9-6-10-14(15)17-11)12-7-4-3-5-8-12/h3-10H,1-2H3. The van der Waals surface area contributed by atoms with Crippen molar-refractivity contribution in [1.82, 2.24) is 9.55 Å². The van der Waals surface area contributed by atoms with E-state index in [1.807, 2.05) is 48.5 Å².